The lowest BCUT2D eigenvalue weighted by Crippen LogP contribution is -2.29. The highest BCUT2D eigenvalue weighted by Crippen LogP contribution is 2.02. The number of esters is 1. The van der Waals surface area contributed by atoms with Crippen LogP contribution in [-0.2, 0) is 14.3 Å². The summed E-state index contributed by atoms with van der Waals surface area (Å²) < 4.78 is 9.28. The number of carbonyl (C=O) groups is 2. The molecule has 1 fully saturated rings. The predicted octanol–water partition coefficient (Wildman–Crippen LogP) is 0.0480. The summed E-state index contributed by atoms with van der Waals surface area (Å²) in [4.78, 5) is 21.4. The number of nitrogens with one attached hydrogen (secondary N) is 1. The Bertz CT molecular complexity index is 192. The molecule has 0 aliphatic carbocycles. The summed E-state index contributed by atoms with van der Waals surface area (Å²) in [5.74, 6) is -0.312. The molecule has 1 N–H and O–H groups in total. The van der Waals surface area contributed by atoms with Gasteiger partial charge in [0.1, 0.15) is 6.61 Å². The van der Waals surface area contributed by atoms with E-state index >= 15 is 0 Å². The Morgan fingerprint density at radius 1 is 1.83 bits per heavy atom. The molecule has 0 aromatic rings. The Balaban J connectivity index is 2.23. The third kappa shape index (κ3) is 2.41. The highest BCUT2D eigenvalue weighted by Gasteiger charge is 2.24. The van der Waals surface area contributed by atoms with Crippen molar-refractivity contribution < 1.29 is 19.1 Å². The molecule has 12 heavy (non-hydrogen) atoms. The number of hydrogen-bond acceptors (Lipinski definition) is 4. The fourth-order valence-electron chi connectivity index (χ4n) is 0.957. The number of ether oxygens (including phenoxy) is 2. The molecule has 1 aliphatic rings. The largest absolute Gasteiger partial charge is 0.466 e. The van der Waals surface area contributed by atoms with Gasteiger partial charge in [-0.15, -0.1) is 0 Å². The van der Waals surface area contributed by atoms with Crippen LogP contribution in [0.15, 0.2) is 0 Å². The van der Waals surface area contributed by atoms with Crippen molar-refractivity contribution in [3.63, 3.8) is 0 Å². The molecule has 1 unspecified atom stereocenters. The van der Waals surface area contributed by atoms with Gasteiger partial charge in [0.2, 0.25) is 0 Å². The Kier molecular flexibility index (Phi) is 2.90. The van der Waals surface area contributed by atoms with E-state index in [1.807, 2.05) is 0 Å². The van der Waals surface area contributed by atoms with E-state index in [-0.39, 0.29) is 25.0 Å². The topological polar surface area (TPSA) is 64.6 Å². The molecule has 0 aromatic carbocycles. The fraction of sp³-hybridized carbons (Fsp3) is 0.714. The van der Waals surface area contributed by atoms with Gasteiger partial charge in [-0.1, -0.05) is 0 Å². The standard InChI is InChI=1S/C7H11NO4/c1-2-11-6(9)3-5-4-12-7(10)8-5/h5H,2-4H2,1H3,(H,8,10). The van der Waals surface area contributed by atoms with Gasteiger partial charge in [0.25, 0.3) is 0 Å². The maximum atomic E-state index is 10.9. The second-order valence-corrected chi connectivity index (χ2v) is 2.45. The minimum Gasteiger partial charge on any atom is -0.466 e. The van der Waals surface area contributed by atoms with Crippen molar-refractivity contribution in [3.05, 3.63) is 0 Å². The maximum absolute atomic E-state index is 10.9. The van der Waals surface area contributed by atoms with Crippen molar-refractivity contribution in [2.24, 2.45) is 0 Å². The van der Waals surface area contributed by atoms with Crippen LogP contribution in [0, 0.1) is 0 Å². The van der Waals surface area contributed by atoms with Crippen molar-refractivity contribution in [1.82, 2.24) is 5.32 Å². The average Bonchev–Trinajstić information content (AvgIpc) is 2.36. The minimum atomic E-state index is -0.468. The van der Waals surface area contributed by atoms with Gasteiger partial charge in [-0.2, -0.15) is 0 Å². The van der Waals surface area contributed by atoms with E-state index in [9.17, 15) is 9.59 Å². The lowest BCUT2D eigenvalue weighted by atomic mass is 10.2. The first-order valence-corrected chi connectivity index (χ1v) is 3.81. The molecule has 1 saturated heterocycles. The molecule has 1 rings (SSSR count). The van der Waals surface area contributed by atoms with Crippen LogP contribution in [-0.4, -0.2) is 31.3 Å². The Hall–Kier alpha value is -1.26. The van der Waals surface area contributed by atoms with Crippen LogP contribution < -0.4 is 5.32 Å². The van der Waals surface area contributed by atoms with Gasteiger partial charge < -0.3 is 14.8 Å². The Morgan fingerprint density at radius 2 is 2.58 bits per heavy atom. The van der Waals surface area contributed by atoms with Crippen LogP contribution in [0.4, 0.5) is 4.79 Å². The molecule has 1 amide bonds. The molecule has 0 spiro atoms. The first kappa shape index (κ1) is 8.83. The first-order chi connectivity index (χ1) is 5.72. The summed E-state index contributed by atoms with van der Waals surface area (Å²) in [6.07, 6.45) is -0.288. The van der Waals surface area contributed by atoms with Crippen LogP contribution in [0.25, 0.3) is 0 Å². The summed E-state index contributed by atoms with van der Waals surface area (Å²) in [5.41, 5.74) is 0. The predicted molar refractivity (Wildman–Crippen MR) is 39.5 cm³/mol. The lowest BCUT2D eigenvalue weighted by Gasteiger charge is -2.05. The van der Waals surface area contributed by atoms with Gasteiger partial charge in [0.15, 0.2) is 0 Å². The minimum absolute atomic E-state index is 0.180. The van der Waals surface area contributed by atoms with E-state index in [4.69, 9.17) is 4.74 Å². The Labute approximate surface area is 70.0 Å². The molecule has 5 heteroatoms. The summed E-state index contributed by atoms with van der Waals surface area (Å²) in [6.45, 7) is 2.35. The van der Waals surface area contributed by atoms with Crippen LogP contribution in [0.2, 0.25) is 0 Å². The number of amides is 1. The number of alkyl carbamates (subject to hydrolysis) is 1. The average molecular weight is 173 g/mol. The quantitative estimate of drug-likeness (QED) is 0.612. The smallest absolute Gasteiger partial charge is 0.407 e. The number of cyclic esters (lactones) is 1. The molecule has 0 aromatic heterocycles. The molecule has 0 saturated carbocycles. The van der Waals surface area contributed by atoms with Crippen molar-refractivity contribution in [3.8, 4) is 0 Å². The van der Waals surface area contributed by atoms with Crippen molar-refractivity contribution in [1.29, 1.82) is 0 Å². The van der Waals surface area contributed by atoms with Gasteiger partial charge >= 0.3 is 12.1 Å². The number of carbonyl (C=O) groups excluding carboxylic acids is 2. The van der Waals surface area contributed by atoms with E-state index < -0.39 is 6.09 Å². The highest BCUT2D eigenvalue weighted by molar-refractivity contribution is 5.74. The summed E-state index contributed by atoms with van der Waals surface area (Å²) >= 11 is 0. The second-order valence-electron chi connectivity index (χ2n) is 2.45. The molecule has 1 atom stereocenters. The highest BCUT2D eigenvalue weighted by atomic mass is 16.6. The zero-order valence-corrected chi connectivity index (χ0v) is 6.83. The van der Waals surface area contributed by atoms with E-state index in [1.165, 1.54) is 0 Å². The van der Waals surface area contributed by atoms with Crippen molar-refractivity contribution in [2.75, 3.05) is 13.2 Å². The summed E-state index contributed by atoms with van der Waals surface area (Å²) in [7, 11) is 0. The number of hydrogen-bond donors (Lipinski definition) is 1. The first-order valence-electron chi connectivity index (χ1n) is 3.81. The maximum Gasteiger partial charge on any atom is 0.407 e. The molecular weight excluding hydrogens is 162 g/mol. The van der Waals surface area contributed by atoms with Crippen molar-refractivity contribution >= 4 is 12.1 Å². The molecule has 68 valence electrons. The molecule has 0 radical (unpaired) electrons. The van der Waals surface area contributed by atoms with E-state index in [2.05, 4.69) is 10.1 Å². The molecule has 5 nitrogen and oxygen atoms in total. The van der Waals surface area contributed by atoms with Crippen LogP contribution in [0.3, 0.4) is 0 Å². The molecule has 1 aliphatic heterocycles. The lowest BCUT2D eigenvalue weighted by molar-refractivity contribution is -0.143. The zero-order chi connectivity index (χ0) is 8.97. The van der Waals surface area contributed by atoms with Crippen LogP contribution in [0.1, 0.15) is 13.3 Å². The molecular formula is C7H11NO4. The van der Waals surface area contributed by atoms with Crippen molar-refractivity contribution in [2.45, 2.75) is 19.4 Å². The Morgan fingerprint density at radius 3 is 3.08 bits per heavy atom. The van der Waals surface area contributed by atoms with E-state index in [0.717, 1.165) is 0 Å². The summed E-state index contributed by atoms with van der Waals surface area (Å²) in [6, 6.07) is -0.225. The summed E-state index contributed by atoms with van der Waals surface area (Å²) in [5, 5.41) is 2.48. The van der Waals surface area contributed by atoms with Gasteiger partial charge in [-0.05, 0) is 6.92 Å². The third-order valence-electron chi connectivity index (χ3n) is 1.46. The normalized spacial score (nSPS) is 21.4. The van der Waals surface area contributed by atoms with E-state index in [0.29, 0.717) is 6.61 Å². The zero-order valence-electron chi connectivity index (χ0n) is 6.83. The van der Waals surface area contributed by atoms with Crippen LogP contribution in [0.5, 0.6) is 0 Å². The SMILES string of the molecule is CCOC(=O)CC1COC(=O)N1. The fourth-order valence-corrected chi connectivity index (χ4v) is 0.957. The van der Waals surface area contributed by atoms with Gasteiger partial charge in [-0.25, -0.2) is 4.79 Å². The second kappa shape index (κ2) is 3.94. The van der Waals surface area contributed by atoms with Gasteiger partial charge in [0.05, 0.1) is 19.1 Å². The van der Waals surface area contributed by atoms with Gasteiger partial charge in [-0.3, -0.25) is 4.79 Å². The molecule has 1 heterocycles. The van der Waals surface area contributed by atoms with E-state index in [1.54, 1.807) is 6.92 Å². The molecule has 0 bridgehead atoms. The number of rotatable bonds is 3. The third-order valence-corrected chi connectivity index (χ3v) is 1.46. The monoisotopic (exact) mass is 173 g/mol. The van der Waals surface area contributed by atoms with Gasteiger partial charge in [0, 0.05) is 0 Å². The van der Waals surface area contributed by atoms with Crippen LogP contribution >= 0.6 is 0 Å².